The van der Waals surface area contributed by atoms with E-state index in [1.54, 1.807) is 7.11 Å². The summed E-state index contributed by atoms with van der Waals surface area (Å²) >= 11 is 0. The summed E-state index contributed by atoms with van der Waals surface area (Å²) < 4.78 is 5.39. The molecule has 0 aromatic heterocycles. The van der Waals surface area contributed by atoms with Crippen molar-refractivity contribution in [1.29, 1.82) is 0 Å². The number of hydrogen-bond acceptors (Lipinski definition) is 3. The molecule has 0 radical (unpaired) electrons. The third-order valence-electron chi connectivity index (χ3n) is 3.97. The van der Waals surface area contributed by atoms with Crippen LogP contribution in [0.3, 0.4) is 0 Å². The lowest BCUT2D eigenvalue weighted by molar-refractivity contribution is 0.119. The Morgan fingerprint density at radius 3 is 2.84 bits per heavy atom. The second-order valence-electron chi connectivity index (χ2n) is 5.51. The normalized spacial score (nSPS) is 23.9. The third kappa shape index (κ3) is 3.95. The van der Waals surface area contributed by atoms with E-state index in [1.165, 1.54) is 24.0 Å². The molecule has 1 aliphatic rings. The van der Waals surface area contributed by atoms with E-state index < -0.39 is 0 Å². The molecule has 0 bridgehead atoms. The molecular formula is C16H25NO2. The van der Waals surface area contributed by atoms with Crippen molar-refractivity contribution in [3.05, 3.63) is 29.3 Å². The minimum atomic E-state index is -0.210. The quantitative estimate of drug-likeness (QED) is 0.821. The van der Waals surface area contributed by atoms with Crippen molar-refractivity contribution in [2.45, 2.75) is 57.7 Å². The number of aliphatic hydroxyl groups is 1. The molecule has 1 aliphatic carbocycles. The van der Waals surface area contributed by atoms with Crippen LogP contribution in [0.1, 0.15) is 43.2 Å². The summed E-state index contributed by atoms with van der Waals surface area (Å²) in [6.07, 6.45) is 5.37. The van der Waals surface area contributed by atoms with Crippen molar-refractivity contribution in [2.24, 2.45) is 0 Å². The number of ether oxygens (including phenoxy) is 1. The van der Waals surface area contributed by atoms with Gasteiger partial charge in [-0.15, -0.1) is 0 Å². The predicted octanol–water partition coefficient (Wildman–Crippen LogP) is 2.79. The van der Waals surface area contributed by atoms with E-state index in [0.717, 1.165) is 31.6 Å². The first kappa shape index (κ1) is 14.4. The van der Waals surface area contributed by atoms with E-state index in [1.807, 2.05) is 6.07 Å². The summed E-state index contributed by atoms with van der Waals surface area (Å²) in [4.78, 5) is 0. The second-order valence-corrected chi connectivity index (χ2v) is 5.51. The van der Waals surface area contributed by atoms with Gasteiger partial charge >= 0.3 is 0 Å². The van der Waals surface area contributed by atoms with E-state index >= 15 is 0 Å². The molecule has 1 aromatic carbocycles. The zero-order valence-electron chi connectivity index (χ0n) is 12.0. The first-order valence-electron chi connectivity index (χ1n) is 7.25. The Kier molecular flexibility index (Phi) is 5.23. The summed E-state index contributed by atoms with van der Waals surface area (Å²) in [5, 5.41) is 13.6. The molecule has 2 rings (SSSR count). The number of rotatable bonds is 4. The van der Waals surface area contributed by atoms with Gasteiger partial charge in [0.2, 0.25) is 0 Å². The number of benzene rings is 1. The van der Waals surface area contributed by atoms with Gasteiger partial charge in [-0.05, 0) is 25.8 Å². The molecule has 0 aliphatic heterocycles. The fraction of sp³-hybridized carbons (Fsp3) is 0.625. The summed E-state index contributed by atoms with van der Waals surface area (Å²) in [6, 6.07) is 6.43. The van der Waals surface area contributed by atoms with Gasteiger partial charge in [-0.1, -0.05) is 37.0 Å². The molecule has 106 valence electrons. The Morgan fingerprint density at radius 2 is 2.05 bits per heavy atom. The summed E-state index contributed by atoms with van der Waals surface area (Å²) in [5.74, 6) is 0.918. The topological polar surface area (TPSA) is 41.5 Å². The van der Waals surface area contributed by atoms with Gasteiger partial charge < -0.3 is 15.2 Å². The van der Waals surface area contributed by atoms with Crippen LogP contribution >= 0.6 is 0 Å². The minimum Gasteiger partial charge on any atom is -0.496 e. The first-order valence-corrected chi connectivity index (χ1v) is 7.25. The highest BCUT2D eigenvalue weighted by molar-refractivity contribution is 5.36. The molecule has 2 N–H and O–H groups in total. The molecule has 0 heterocycles. The Bertz CT molecular complexity index is 406. The smallest absolute Gasteiger partial charge is 0.123 e. The van der Waals surface area contributed by atoms with Gasteiger partial charge in [-0.25, -0.2) is 0 Å². The highest BCUT2D eigenvalue weighted by atomic mass is 16.5. The van der Waals surface area contributed by atoms with Crippen LogP contribution in [0, 0.1) is 6.92 Å². The molecule has 2 atom stereocenters. The number of aryl methyl sites for hydroxylation is 1. The van der Waals surface area contributed by atoms with Crippen molar-refractivity contribution in [3.8, 4) is 5.75 Å². The lowest BCUT2D eigenvalue weighted by atomic mass is 10.0. The van der Waals surface area contributed by atoms with Crippen LogP contribution < -0.4 is 10.1 Å². The van der Waals surface area contributed by atoms with E-state index in [0.29, 0.717) is 0 Å². The van der Waals surface area contributed by atoms with Crippen molar-refractivity contribution < 1.29 is 9.84 Å². The Hall–Kier alpha value is -1.06. The van der Waals surface area contributed by atoms with Crippen LogP contribution in [-0.4, -0.2) is 24.4 Å². The Balaban J connectivity index is 1.99. The zero-order chi connectivity index (χ0) is 13.7. The summed E-state index contributed by atoms with van der Waals surface area (Å²) in [5.41, 5.74) is 2.40. The van der Waals surface area contributed by atoms with Crippen molar-refractivity contribution >= 4 is 0 Å². The molecule has 3 heteroatoms. The fourth-order valence-electron chi connectivity index (χ4n) is 2.81. The van der Waals surface area contributed by atoms with Crippen LogP contribution in [0.5, 0.6) is 5.75 Å². The molecule has 1 aromatic rings. The van der Waals surface area contributed by atoms with Crippen molar-refractivity contribution in [1.82, 2.24) is 5.32 Å². The monoisotopic (exact) mass is 263 g/mol. The fourth-order valence-corrected chi connectivity index (χ4v) is 2.81. The number of nitrogens with one attached hydrogen (secondary N) is 1. The molecule has 1 saturated carbocycles. The van der Waals surface area contributed by atoms with Gasteiger partial charge in [-0.2, -0.15) is 0 Å². The molecule has 0 amide bonds. The Morgan fingerprint density at radius 1 is 1.26 bits per heavy atom. The molecular weight excluding hydrogens is 238 g/mol. The highest BCUT2D eigenvalue weighted by Gasteiger charge is 2.21. The first-order chi connectivity index (χ1) is 9.20. The molecule has 0 spiro atoms. The van der Waals surface area contributed by atoms with Gasteiger partial charge in [0.05, 0.1) is 13.2 Å². The van der Waals surface area contributed by atoms with Gasteiger partial charge in [0.1, 0.15) is 5.75 Å². The van der Waals surface area contributed by atoms with Crippen LogP contribution in [0.2, 0.25) is 0 Å². The van der Waals surface area contributed by atoms with E-state index in [9.17, 15) is 5.11 Å². The van der Waals surface area contributed by atoms with Crippen LogP contribution in [0.15, 0.2) is 18.2 Å². The maximum Gasteiger partial charge on any atom is 0.123 e. The van der Waals surface area contributed by atoms with Gasteiger partial charge in [0, 0.05) is 18.2 Å². The lowest BCUT2D eigenvalue weighted by Gasteiger charge is -2.22. The van der Waals surface area contributed by atoms with Gasteiger partial charge in [0.25, 0.3) is 0 Å². The average Bonchev–Trinajstić information content (AvgIpc) is 2.61. The molecule has 19 heavy (non-hydrogen) atoms. The maximum atomic E-state index is 10.1. The minimum absolute atomic E-state index is 0.210. The van der Waals surface area contributed by atoms with E-state index in [2.05, 4.69) is 24.4 Å². The number of aliphatic hydroxyl groups excluding tert-OH is 1. The average molecular weight is 263 g/mol. The second kappa shape index (κ2) is 6.92. The van der Waals surface area contributed by atoms with Crippen molar-refractivity contribution in [3.63, 3.8) is 0 Å². The SMILES string of the molecule is COc1ccc(C)cc1CNC1CCCCCC1O. The van der Waals surface area contributed by atoms with Gasteiger partial charge in [0.15, 0.2) is 0 Å². The van der Waals surface area contributed by atoms with E-state index in [4.69, 9.17) is 4.74 Å². The number of hydrogen-bond donors (Lipinski definition) is 2. The van der Waals surface area contributed by atoms with Crippen LogP contribution in [0.4, 0.5) is 0 Å². The predicted molar refractivity (Wildman–Crippen MR) is 77.5 cm³/mol. The molecule has 2 unspecified atom stereocenters. The lowest BCUT2D eigenvalue weighted by Crippen LogP contribution is -2.38. The summed E-state index contributed by atoms with van der Waals surface area (Å²) in [6.45, 7) is 2.84. The third-order valence-corrected chi connectivity index (χ3v) is 3.97. The largest absolute Gasteiger partial charge is 0.496 e. The van der Waals surface area contributed by atoms with Crippen molar-refractivity contribution in [2.75, 3.05) is 7.11 Å². The van der Waals surface area contributed by atoms with Gasteiger partial charge in [-0.3, -0.25) is 0 Å². The molecule has 0 saturated heterocycles. The number of methoxy groups -OCH3 is 1. The maximum absolute atomic E-state index is 10.1. The van der Waals surface area contributed by atoms with E-state index in [-0.39, 0.29) is 12.1 Å². The van der Waals surface area contributed by atoms with Crippen LogP contribution in [-0.2, 0) is 6.54 Å². The Labute approximate surface area is 116 Å². The standard InChI is InChI=1S/C16H25NO2/c1-12-8-9-16(19-2)13(10-12)11-17-14-6-4-3-5-7-15(14)18/h8-10,14-15,17-18H,3-7,11H2,1-2H3. The highest BCUT2D eigenvalue weighted by Crippen LogP contribution is 2.22. The molecule has 1 fully saturated rings. The zero-order valence-corrected chi connectivity index (χ0v) is 12.0. The molecule has 3 nitrogen and oxygen atoms in total. The van der Waals surface area contributed by atoms with Crippen LogP contribution in [0.25, 0.3) is 0 Å². The summed E-state index contributed by atoms with van der Waals surface area (Å²) in [7, 11) is 1.70.